The van der Waals surface area contributed by atoms with Gasteiger partial charge in [0.25, 0.3) is 10.2 Å². The summed E-state index contributed by atoms with van der Waals surface area (Å²) in [5.74, 6) is 0. The molecular weight excluding hydrogens is 254 g/mol. The van der Waals surface area contributed by atoms with Crippen molar-refractivity contribution >= 4 is 10.2 Å². The van der Waals surface area contributed by atoms with Crippen LogP contribution in [0.15, 0.2) is 0 Å². The van der Waals surface area contributed by atoms with Gasteiger partial charge in [0, 0.05) is 19.1 Å². The summed E-state index contributed by atoms with van der Waals surface area (Å²) in [6, 6.07) is -0.105. The fraction of sp³-hybridized carbons (Fsp3) is 1.00. The predicted molar refractivity (Wildman–Crippen MR) is 73.8 cm³/mol. The second kappa shape index (κ2) is 9.69. The molecule has 0 aliphatic heterocycles. The first-order chi connectivity index (χ1) is 8.41. The first kappa shape index (κ1) is 17.8. The number of nitrogens with one attached hydrogen (secondary N) is 2. The fourth-order valence-electron chi connectivity index (χ4n) is 1.44. The van der Waals surface area contributed by atoms with Crippen molar-refractivity contribution in [1.82, 2.24) is 14.3 Å². The van der Waals surface area contributed by atoms with Crippen molar-refractivity contribution in [2.24, 2.45) is 0 Å². The van der Waals surface area contributed by atoms with Crippen LogP contribution in [0.4, 0.5) is 0 Å². The van der Waals surface area contributed by atoms with Gasteiger partial charge in [-0.15, -0.1) is 0 Å². The molecular formula is C11H27N3O3S. The van der Waals surface area contributed by atoms with Crippen LogP contribution in [0, 0.1) is 0 Å². The van der Waals surface area contributed by atoms with Gasteiger partial charge in [0.05, 0.1) is 13.2 Å². The summed E-state index contributed by atoms with van der Waals surface area (Å²) in [7, 11) is -3.38. The van der Waals surface area contributed by atoms with Crippen molar-refractivity contribution in [2.75, 3.05) is 39.4 Å². The maximum atomic E-state index is 11.4. The molecule has 0 spiro atoms. The summed E-state index contributed by atoms with van der Waals surface area (Å²) in [4.78, 5) is 2.25. The Morgan fingerprint density at radius 1 is 1.17 bits per heavy atom. The third-order valence-electron chi connectivity index (χ3n) is 2.38. The monoisotopic (exact) mass is 281 g/mol. The Labute approximate surface area is 111 Å². The molecule has 2 N–H and O–H groups in total. The Balaban J connectivity index is 3.56. The molecule has 0 aromatic heterocycles. The van der Waals surface area contributed by atoms with Gasteiger partial charge in [0.15, 0.2) is 0 Å². The average molecular weight is 281 g/mol. The Morgan fingerprint density at radius 2 is 1.78 bits per heavy atom. The number of hydrogen-bond donors (Lipinski definition) is 2. The van der Waals surface area contributed by atoms with Crippen LogP contribution >= 0.6 is 0 Å². The zero-order valence-electron chi connectivity index (χ0n) is 11.9. The van der Waals surface area contributed by atoms with Crippen molar-refractivity contribution in [3.05, 3.63) is 0 Å². The second-order valence-corrected chi connectivity index (χ2v) is 5.84. The third kappa shape index (κ3) is 9.78. The van der Waals surface area contributed by atoms with E-state index in [4.69, 9.17) is 4.74 Å². The van der Waals surface area contributed by atoms with E-state index in [1.54, 1.807) is 13.8 Å². The summed E-state index contributed by atoms with van der Waals surface area (Å²) in [6.07, 6.45) is 0. The van der Waals surface area contributed by atoms with Gasteiger partial charge < -0.3 is 9.64 Å². The first-order valence-electron chi connectivity index (χ1n) is 6.48. The van der Waals surface area contributed by atoms with Crippen LogP contribution in [0.1, 0.15) is 27.7 Å². The molecule has 0 amide bonds. The first-order valence-corrected chi connectivity index (χ1v) is 7.96. The lowest BCUT2D eigenvalue weighted by Crippen LogP contribution is -2.41. The van der Waals surface area contributed by atoms with E-state index in [1.807, 2.05) is 0 Å². The molecule has 0 heterocycles. The lowest BCUT2D eigenvalue weighted by atomic mass is 10.4. The lowest BCUT2D eigenvalue weighted by Gasteiger charge is -2.17. The highest BCUT2D eigenvalue weighted by molar-refractivity contribution is 7.87. The van der Waals surface area contributed by atoms with Crippen molar-refractivity contribution < 1.29 is 13.2 Å². The molecule has 0 atom stereocenters. The number of nitrogens with zero attached hydrogens (tertiary/aromatic N) is 1. The average Bonchev–Trinajstić information content (AvgIpc) is 2.26. The van der Waals surface area contributed by atoms with E-state index in [9.17, 15) is 8.42 Å². The molecule has 110 valence electrons. The third-order valence-corrected chi connectivity index (χ3v) is 3.74. The van der Waals surface area contributed by atoms with Gasteiger partial charge in [-0.1, -0.05) is 13.8 Å². The molecule has 0 unspecified atom stereocenters. The maximum Gasteiger partial charge on any atom is 0.277 e. The molecule has 0 aliphatic carbocycles. The fourth-order valence-corrected chi connectivity index (χ4v) is 2.49. The number of rotatable bonds is 11. The van der Waals surface area contributed by atoms with Gasteiger partial charge >= 0.3 is 0 Å². The van der Waals surface area contributed by atoms with Gasteiger partial charge in [-0.2, -0.15) is 17.9 Å². The zero-order chi connectivity index (χ0) is 14.0. The van der Waals surface area contributed by atoms with Crippen molar-refractivity contribution in [2.45, 2.75) is 33.7 Å². The number of likely N-dealkylation sites (N-methyl/N-ethyl adjacent to an activating group) is 1. The molecule has 0 aromatic carbocycles. The van der Waals surface area contributed by atoms with Crippen LogP contribution < -0.4 is 9.44 Å². The van der Waals surface area contributed by atoms with Crippen molar-refractivity contribution in [3.8, 4) is 0 Å². The number of hydrogen-bond acceptors (Lipinski definition) is 4. The molecule has 6 nitrogen and oxygen atoms in total. The summed E-state index contributed by atoms with van der Waals surface area (Å²) in [6.45, 7) is 12.0. The summed E-state index contributed by atoms with van der Waals surface area (Å²) >= 11 is 0. The Bertz CT molecular complexity index is 290. The van der Waals surface area contributed by atoms with Crippen LogP contribution in [0.5, 0.6) is 0 Å². The predicted octanol–water partition coefficient (Wildman–Crippen LogP) is 0.177. The SMILES string of the molecule is CCN(CC)CCOCCNS(=O)(=O)NC(C)C. The van der Waals surface area contributed by atoms with E-state index < -0.39 is 10.2 Å². The summed E-state index contributed by atoms with van der Waals surface area (Å²) in [5, 5.41) is 0. The minimum atomic E-state index is -3.38. The standard InChI is InChI=1S/C11H27N3O3S/c1-5-14(6-2)8-10-17-9-7-12-18(15,16)13-11(3)4/h11-13H,5-10H2,1-4H3. The second-order valence-electron chi connectivity index (χ2n) is 4.31. The molecule has 0 aromatic rings. The molecule has 7 heteroatoms. The van der Waals surface area contributed by atoms with E-state index >= 15 is 0 Å². The van der Waals surface area contributed by atoms with Crippen LogP contribution in [0.3, 0.4) is 0 Å². The molecule has 0 aliphatic rings. The lowest BCUT2D eigenvalue weighted by molar-refractivity contribution is 0.111. The quantitative estimate of drug-likeness (QED) is 0.530. The maximum absolute atomic E-state index is 11.4. The van der Waals surface area contributed by atoms with Crippen LogP contribution in [-0.4, -0.2) is 58.8 Å². The van der Waals surface area contributed by atoms with Gasteiger partial charge in [0.1, 0.15) is 0 Å². The Kier molecular flexibility index (Phi) is 9.57. The normalized spacial score (nSPS) is 12.6. The molecule has 0 saturated heterocycles. The largest absolute Gasteiger partial charge is 0.379 e. The topological polar surface area (TPSA) is 70.7 Å². The highest BCUT2D eigenvalue weighted by Gasteiger charge is 2.09. The minimum Gasteiger partial charge on any atom is -0.379 e. The summed E-state index contributed by atoms with van der Waals surface area (Å²) < 4.78 is 33.0. The van der Waals surface area contributed by atoms with Crippen LogP contribution in [0.25, 0.3) is 0 Å². The smallest absolute Gasteiger partial charge is 0.277 e. The van der Waals surface area contributed by atoms with E-state index in [0.29, 0.717) is 19.8 Å². The Hall–Kier alpha value is -0.210. The molecule has 18 heavy (non-hydrogen) atoms. The zero-order valence-corrected chi connectivity index (χ0v) is 12.7. The van der Waals surface area contributed by atoms with E-state index in [2.05, 4.69) is 28.2 Å². The minimum absolute atomic E-state index is 0.105. The van der Waals surface area contributed by atoms with E-state index in [1.165, 1.54) is 0 Å². The van der Waals surface area contributed by atoms with Crippen molar-refractivity contribution in [3.63, 3.8) is 0 Å². The molecule has 0 rings (SSSR count). The van der Waals surface area contributed by atoms with Gasteiger partial charge in [-0.05, 0) is 26.9 Å². The van der Waals surface area contributed by atoms with Gasteiger partial charge in [0.2, 0.25) is 0 Å². The highest BCUT2D eigenvalue weighted by atomic mass is 32.2. The van der Waals surface area contributed by atoms with E-state index in [-0.39, 0.29) is 6.04 Å². The van der Waals surface area contributed by atoms with Gasteiger partial charge in [-0.3, -0.25) is 0 Å². The summed E-state index contributed by atoms with van der Waals surface area (Å²) in [5.41, 5.74) is 0. The van der Waals surface area contributed by atoms with Crippen molar-refractivity contribution in [1.29, 1.82) is 0 Å². The van der Waals surface area contributed by atoms with Gasteiger partial charge in [-0.25, -0.2) is 0 Å². The molecule has 0 radical (unpaired) electrons. The number of ether oxygens (including phenoxy) is 1. The van der Waals surface area contributed by atoms with Crippen LogP contribution in [0.2, 0.25) is 0 Å². The van der Waals surface area contributed by atoms with E-state index in [0.717, 1.165) is 19.6 Å². The Morgan fingerprint density at radius 3 is 2.28 bits per heavy atom. The van der Waals surface area contributed by atoms with Crippen LogP contribution in [-0.2, 0) is 14.9 Å². The molecule has 0 bridgehead atoms. The molecule has 0 fully saturated rings. The highest BCUT2D eigenvalue weighted by Crippen LogP contribution is 1.87. The molecule has 0 saturated carbocycles.